The van der Waals surface area contributed by atoms with E-state index in [1.807, 2.05) is 61.5 Å². The fourth-order valence-corrected chi connectivity index (χ4v) is 4.85. The van der Waals surface area contributed by atoms with E-state index in [9.17, 15) is 14.0 Å². The lowest BCUT2D eigenvalue weighted by Crippen LogP contribution is -2.50. The van der Waals surface area contributed by atoms with Gasteiger partial charge in [-0.25, -0.2) is 4.39 Å². The van der Waals surface area contributed by atoms with Gasteiger partial charge in [-0.05, 0) is 30.2 Å². The molecule has 7 heteroatoms. The van der Waals surface area contributed by atoms with Gasteiger partial charge >= 0.3 is 0 Å². The van der Waals surface area contributed by atoms with E-state index in [2.05, 4.69) is 5.32 Å². The lowest BCUT2D eigenvalue weighted by molar-refractivity contribution is -0.139. The number of benzene rings is 3. The number of hydrogen-bond donors (Lipinski definition) is 1. The zero-order valence-electron chi connectivity index (χ0n) is 19.3. The number of carbonyl (C=O) groups excluding carboxylic acids is 2. The first kappa shape index (κ1) is 25.8. The normalized spacial score (nSPS) is 11.6. The SMILES string of the molecule is CNC(=O)[C@@H](Cc1ccccc1)N(Cc1ccc(C)cc1)C(=O)CSCc1c(F)cccc1Cl. The summed E-state index contributed by atoms with van der Waals surface area (Å²) in [5.74, 6) is -0.456. The van der Waals surface area contributed by atoms with E-state index in [1.54, 1.807) is 24.1 Å². The predicted molar refractivity (Wildman–Crippen MR) is 137 cm³/mol. The Morgan fingerprint density at radius 2 is 1.71 bits per heavy atom. The monoisotopic (exact) mass is 498 g/mol. The predicted octanol–water partition coefficient (Wildman–Crippen LogP) is 5.41. The molecule has 0 radical (unpaired) electrons. The molecule has 0 unspecified atom stereocenters. The standard InChI is InChI=1S/C27H28ClFN2O2S/c1-19-11-13-21(14-12-19)16-31(25(27(33)30-2)15-20-7-4-3-5-8-20)26(32)18-34-17-22-23(28)9-6-10-24(22)29/h3-14,25H,15-18H2,1-2H3,(H,30,33)/t25-/m1/s1. The highest BCUT2D eigenvalue weighted by Crippen LogP contribution is 2.25. The average molecular weight is 499 g/mol. The number of rotatable bonds is 10. The van der Waals surface area contributed by atoms with E-state index in [1.165, 1.54) is 17.8 Å². The molecule has 178 valence electrons. The lowest BCUT2D eigenvalue weighted by Gasteiger charge is -2.31. The summed E-state index contributed by atoms with van der Waals surface area (Å²) < 4.78 is 14.1. The van der Waals surface area contributed by atoms with Crippen LogP contribution in [-0.4, -0.2) is 35.6 Å². The van der Waals surface area contributed by atoms with Crippen molar-refractivity contribution >= 4 is 35.2 Å². The highest BCUT2D eigenvalue weighted by atomic mass is 35.5. The molecule has 0 bridgehead atoms. The maximum absolute atomic E-state index is 14.1. The summed E-state index contributed by atoms with van der Waals surface area (Å²) in [4.78, 5) is 28.0. The second-order valence-electron chi connectivity index (χ2n) is 8.02. The van der Waals surface area contributed by atoms with Crippen molar-refractivity contribution in [3.05, 3.63) is 106 Å². The summed E-state index contributed by atoms with van der Waals surface area (Å²) in [5.41, 5.74) is 3.39. The van der Waals surface area contributed by atoms with Crippen LogP contribution in [0.2, 0.25) is 5.02 Å². The van der Waals surface area contributed by atoms with E-state index in [4.69, 9.17) is 11.6 Å². The summed E-state index contributed by atoms with van der Waals surface area (Å²) >= 11 is 7.41. The van der Waals surface area contributed by atoms with Crippen LogP contribution in [0.1, 0.15) is 22.3 Å². The minimum atomic E-state index is -0.682. The van der Waals surface area contributed by atoms with Crippen molar-refractivity contribution < 1.29 is 14.0 Å². The van der Waals surface area contributed by atoms with Crippen molar-refractivity contribution in [1.29, 1.82) is 0 Å². The van der Waals surface area contributed by atoms with E-state index < -0.39 is 11.9 Å². The third-order valence-electron chi connectivity index (χ3n) is 5.52. The molecule has 0 spiro atoms. The van der Waals surface area contributed by atoms with Crippen LogP contribution in [-0.2, 0) is 28.3 Å². The summed E-state index contributed by atoms with van der Waals surface area (Å²) in [5, 5.41) is 3.04. The molecule has 0 saturated carbocycles. The highest BCUT2D eigenvalue weighted by Gasteiger charge is 2.29. The maximum Gasteiger partial charge on any atom is 0.242 e. The molecule has 0 aliphatic rings. The largest absolute Gasteiger partial charge is 0.357 e. The maximum atomic E-state index is 14.1. The van der Waals surface area contributed by atoms with Crippen molar-refractivity contribution in [2.45, 2.75) is 31.7 Å². The molecular formula is C27H28ClFN2O2S. The molecule has 0 heterocycles. The van der Waals surface area contributed by atoms with Crippen molar-refractivity contribution in [2.75, 3.05) is 12.8 Å². The Morgan fingerprint density at radius 3 is 2.35 bits per heavy atom. The first-order chi connectivity index (χ1) is 16.4. The van der Waals surface area contributed by atoms with Crippen LogP contribution in [0.25, 0.3) is 0 Å². The van der Waals surface area contributed by atoms with E-state index in [0.29, 0.717) is 23.6 Å². The average Bonchev–Trinajstić information content (AvgIpc) is 2.84. The first-order valence-electron chi connectivity index (χ1n) is 11.0. The fourth-order valence-electron chi connectivity index (χ4n) is 3.60. The van der Waals surface area contributed by atoms with Gasteiger partial charge in [0, 0.05) is 36.4 Å². The summed E-state index contributed by atoms with van der Waals surface area (Å²) in [7, 11) is 1.57. The van der Waals surface area contributed by atoms with E-state index in [-0.39, 0.29) is 23.3 Å². The summed E-state index contributed by atoms with van der Waals surface area (Å²) in [6.07, 6.45) is 0.391. The molecule has 3 aromatic carbocycles. The van der Waals surface area contributed by atoms with Crippen molar-refractivity contribution in [3.63, 3.8) is 0 Å². The van der Waals surface area contributed by atoms with Gasteiger partial charge in [0.2, 0.25) is 11.8 Å². The number of amides is 2. The third kappa shape index (κ3) is 7.08. The number of likely N-dealkylation sites (N-methyl/N-ethyl adjacent to an activating group) is 1. The lowest BCUT2D eigenvalue weighted by atomic mass is 10.0. The highest BCUT2D eigenvalue weighted by molar-refractivity contribution is 7.99. The third-order valence-corrected chi connectivity index (χ3v) is 6.82. The molecule has 4 nitrogen and oxygen atoms in total. The van der Waals surface area contributed by atoms with Crippen molar-refractivity contribution in [2.24, 2.45) is 0 Å². The summed E-state index contributed by atoms with van der Waals surface area (Å²) in [6, 6.07) is 21.4. The van der Waals surface area contributed by atoms with Gasteiger partial charge in [0.1, 0.15) is 11.9 Å². The van der Waals surface area contributed by atoms with Gasteiger partial charge in [-0.3, -0.25) is 9.59 Å². The Balaban J connectivity index is 1.82. The molecule has 3 aromatic rings. The smallest absolute Gasteiger partial charge is 0.242 e. The van der Waals surface area contributed by atoms with Crippen LogP contribution in [0.3, 0.4) is 0 Å². The van der Waals surface area contributed by atoms with Crippen LogP contribution in [0, 0.1) is 12.7 Å². The molecule has 0 fully saturated rings. The molecule has 2 amide bonds. The Morgan fingerprint density at radius 1 is 1.00 bits per heavy atom. The number of aryl methyl sites for hydroxylation is 1. The van der Waals surface area contributed by atoms with Crippen LogP contribution in [0.15, 0.2) is 72.8 Å². The number of nitrogens with zero attached hydrogens (tertiary/aromatic N) is 1. The second-order valence-corrected chi connectivity index (χ2v) is 9.41. The number of thioether (sulfide) groups is 1. The van der Waals surface area contributed by atoms with Crippen molar-refractivity contribution in [1.82, 2.24) is 10.2 Å². The Kier molecular flexibility index (Phi) is 9.54. The Bertz CT molecular complexity index is 1090. The van der Waals surface area contributed by atoms with Gasteiger partial charge < -0.3 is 10.2 Å². The first-order valence-corrected chi connectivity index (χ1v) is 12.5. The molecule has 1 atom stereocenters. The van der Waals surface area contributed by atoms with Gasteiger partial charge in [-0.1, -0.05) is 77.8 Å². The number of nitrogens with one attached hydrogen (secondary N) is 1. The number of carbonyl (C=O) groups is 2. The molecule has 0 saturated heterocycles. The molecule has 34 heavy (non-hydrogen) atoms. The van der Waals surface area contributed by atoms with Crippen LogP contribution < -0.4 is 5.32 Å². The number of halogens is 2. The van der Waals surface area contributed by atoms with Gasteiger partial charge in [0.15, 0.2) is 0 Å². The fraction of sp³-hybridized carbons (Fsp3) is 0.259. The van der Waals surface area contributed by atoms with Crippen LogP contribution >= 0.6 is 23.4 Å². The minimum Gasteiger partial charge on any atom is -0.357 e. The van der Waals surface area contributed by atoms with E-state index >= 15 is 0 Å². The molecule has 1 N–H and O–H groups in total. The van der Waals surface area contributed by atoms with Gasteiger partial charge in [0.25, 0.3) is 0 Å². The second kappa shape index (κ2) is 12.6. The quantitative estimate of drug-likeness (QED) is 0.407. The molecule has 0 aliphatic carbocycles. The topological polar surface area (TPSA) is 49.4 Å². The van der Waals surface area contributed by atoms with Gasteiger partial charge in [0.05, 0.1) is 5.75 Å². The van der Waals surface area contributed by atoms with E-state index in [0.717, 1.165) is 16.7 Å². The van der Waals surface area contributed by atoms with Gasteiger partial charge in [-0.2, -0.15) is 0 Å². The van der Waals surface area contributed by atoms with Crippen LogP contribution in [0.4, 0.5) is 4.39 Å². The van der Waals surface area contributed by atoms with Crippen LogP contribution in [0.5, 0.6) is 0 Å². The molecule has 0 aromatic heterocycles. The number of hydrogen-bond acceptors (Lipinski definition) is 3. The molecular weight excluding hydrogens is 471 g/mol. The zero-order chi connectivity index (χ0) is 24.5. The zero-order valence-corrected chi connectivity index (χ0v) is 20.8. The van der Waals surface area contributed by atoms with Crippen molar-refractivity contribution in [3.8, 4) is 0 Å². The molecule has 0 aliphatic heterocycles. The Labute approximate surface area is 209 Å². The molecule has 3 rings (SSSR count). The minimum absolute atomic E-state index is 0.0960. The van der Waals surface area contributed by atoms with Gasteiger partial charge in [-0.15, -0.1) is 11.8 Å². The Hall–Kier alpha value is -2.83. The summed E-state index contributed by atoms with van der Waals surface area (Å²) in [6.45, 7) is 2.30.